The number of hydrogen-bond donors (Lipinski definition) is 1. The van der Waals surface area contributed by atoms with Crippen LogP contribution in [0.5, 0.6) is 0 Å². The number of rotatable bonds is 8. The van der Waals surface area contributed by atoms with E-state index in [4.69, 9.17) is 4.74 Å². The summed E-state index contributed by atoms with van der Waals surface area (Å²) in [4.78, 5) is 0.462. The van der Waals surface area contributed by atoms with Gasteiger partial charge in [-0.1, -0.05) is 12.1 Å². The second-order valence-electron chi connectivity index (χ2n) is 4.68. The third-order valence-electron chi connectivity index (χ3n) is 2.93. The van der Waals surface area contributed by atoms with Gasteiger partial charge in [-0.3, -0.25) is 0 Å². The fourth-order valence-electron chi connectivity index (χ4n) is 1.84. The smallest absolute Gasteiger partial charge is 0.178 e. The van der Waals surface area contributed by atoms with E-state index in [1.165, 1.54) is 0 Å². The lowest BCUT2D eigenvalue weighted by Gasteiger charge is -2.09. The van der Waals surface area contributed by atoms with Crippen molar-refractivity contribution in [3.8, 4) is 0 Å². The molecule has 4 nitrogen and oxygen atoms in total. The number of aryl methyl sites for hydroxylation is 2. The van der Waals surface area contributed by atoms with E-state index in [0.717, 1.165) is 17.7 Å². The second kappa shape index (κ2) is 7.62. The zero-order valence-electron chi connectivity index (χ0n) is 11.9. The van der Waals surface area contributed by atoms with E-state index < -0.39 is 9.84 Å². The van der Waals surface area contributed by atoms with Gasteiger partial charge in [0.25, 0.3) is 0 Å². The zero-order valence-corrected chi connectivity index (χ0v) is 12.7. The molecule has 19 heavy (non-hydrogen) atoms. The number of benzene rings is 1. The van der Waals surface area contributed by atoms with E-state index in [9.17, 15) is 8.42 Å². The van der Waals surface area contributed by atoms with Crippen LogP contribution in [-0.2, 0) is 14.6 Å². The molecular weight excluding hydrogens is 262 g/mol. The average Bonchev–Trinajstić information content (AvgIpc) is 2.36. The Balaban J connectivity index is 2.54. The van der Waals surface area contributed by atoms with Crippen molar-refractivity contribution in [1.29, 1.82) is 0 Å². The van der Waals surface area contributed by atoms with E-state index in [1.54, 1.807) is 13.2 Å². The van der Waals surface area contributed by atoms with E-state index >= 15 is 0 Å². The van der Waals surface area contributed by atoms with Gasteiger partial charge in [-0.2, -0.15) is 0 Å². The summed E-state index contributed by atoms with van der Waals surface area (Å²) in [6, 6.07) is 5.54. The van der Waals surface area contributed by atoms with Crippen molar-refractivity contribution in [2.45, 2.75) is 25.2 Å². The molecule has 0 saturated carbocycles. The summed E-state index contributed by atoms with van der Waals surface area (Å²) in [6.45, 7) is 5.82. The highest BCUT2D eigenvalue weighted by atomic mass is 32.2. The van der Waals surface area contributed by atoms with Crippen LogP contribution in [0, 0.1) is 13.8 Å². The van der Waals surface area contributed by atoms with Gasteiger partial charge in [-0.15, -0.1) is 0 Å². The van der Waals surface area contributed by atoms with Crippen LogP contribution in [0.25, 0.3) is 0 Å². The number of sulfone groups is 1. The molecule has 0 saturated heterocycles. The highest BCUT2D eigenvalue weighted by Gasteiger charge is 2.16. The summed E-state index contributed by atoms with van der Waals surface area (Å²) in [5, 5.41) is 3.15. The molecule has 1 rings (SSSR count). The molecule has 0 heterocycles. The van der Waals surface area contributed by atoms with Gasteiger partial charge in [-0.25, -0.2) is 8.42 Å². The lowest BCUT2D eigenvalue weighted by atomic mass is 10.2. The van der Waals surface area contributed by atoms with Crippen LogP contribution in [0.3, 0.4) is 0 Å². The van der Waals surface area contributed by atoms with Crippen LogP contribution in [0.4, 0.5) is 0 Å². The number of methoxy groups -OCH3 is 1. The second-order valence-corrected chi connectivity index (χ2v) is 6.76. The molecule has 0 radical (unpaired) electrons. The first-order valence-electron chi connectivity index (χ1n) is 6.47. The number of ether oxygens (including phenoxy) is 1. The Labute approximate surface area is 116 Å². The average molecular weight is 285 g/mol. The molecule has 0 aromatic heterocycles. The van der Waals surface area contributed by atoms with Gasteiger partial charge in [0.05, 0.1) is 17.3 Å². The van der Waals surface area contributed by atoms with Crippen LogP contribution in [0.15, 0.2) is 23.1 Å². The zero-order chi connectivity index (χ0) is 14.3. The number of nitrogens with one attached hydrogen (secondary N) is 1. The molecule has 1 N–H and O–H groups in total. The molecule has 0 aliphatic heterocycles. The minimum atomic E-state index is -3.18. The highest BCUT2D eigenvalue weighted by Crippen LogP contribution is 2.18. The first kappa shape index (κ1) is 16.1. The van der Waals surface area contributed by atoms with Gasteiger partial charge in [0, 0.05) is 13.7 Å². The SMILES string of the molecule is COCCNCCCS(=O)(=O)c1cc(C)ccc1C. The van der Waals surface area contributed by atoms with Crippen LogP contribution in [0.1, 0.15) is 17.5 Å². The molecule has 5 heteroatoms. The van der Waals surface area contributed by atoms with Gasteiger partial charge in [0.2, 0.25) is 0 Å². The summed E-state index contributed by atoms with van der Waals surface area (Å²) in [5.74, 6) is 0.178. The molecule has 1 aromatic rings. The predicted octanol–water partition coefficient (Wildman–Crippen LogP) is 1.70. The van der Waals surface area contributed by atoms with Crippen LogP contribution in [0.2, 0.25) is 0 Å². The van der Waals surface area contributed by atoms with Crippen LogP contribution < -0.4 is 5.32 Å². The predicted molar refractivity (Wildman–Crippen MR) is 77.3 cm³/mol. The van der Waals surface area contributed by atoms with Gasteiger partial charge in [-0.05, 0) is 44.0 Å². The number of hydrogen-bond acceptors (Lipinski definition) is 4. The lowest BCUT2D eigenvalue weighted by Crippen LogP contribution is -2.22. The molecule has 1 aromatic carbocycles. The van der Waals surface area contributed by atoms with Crippen molar-refractivity contribution in [3.63, 3.8) is 0 Å². The molecule has 0 atom stereocenters. The third-order valence-corrected chi connectivity index (χ3v) is 4.86. The fraction of sp³-hybridized carbons (Fsp3) is 0.571. The van der Waals surface area contributed by atoms with Crippen molar-refractivity contribution in [1.82, 2.24) is 5.32 Å². The lowest BCUT2D eigenvalue weighted by molar-refractivity contribution is 0.199. The molecule has 0 unspecified atom stereocenters. The minimum Gasteiger partial charge on any atom is -0.383 e. The Morgan fingerprint density at radius 2 is 1.95 bits per heavy atom. The van der Waals surface area contributed by atoms with Crippen LogP contribution in [-0.4, -0.2) is 41.0 Å². The quantitative estimate of drug-likeness (QED) is 0.739. The highest BCUT2D eigenvalue weighted by molar-refractivity contribution is 7.91. The topological polar surface area (TPSA) is 55.4 Å². The Morgan fingerprint density at radius 1 is 1.21 bits per heavy atom. The standard InChI is InChI=1S/C14H23NO3S/c1-12-5-6-13(2)14(11-12)19(16,17)10-4-7-15-8-9-18-3/h5-6,11,15H,4,7-10H2,1-3H3. The largest absolute Gasteiger partial charge is 0.383 e. The maximum atomic E-state index is 12.2. The normalized spacial score (nSPS) is 11.7. The van der Waals surface area contributed by atoms with Crippen molar-refractivity contribution in [2.24, 2.45) is 0 Å². The molecule has 108 valence electrons. The Hall–Kier alpha value is -0.910. The van der Waals surface area contributed by atoms with Gasteiger partial charge in [0.1, 0.15) is 0 Å². The van der Waals surface area contributed by atoms with E-state index in [0.29, 0.717) is 24.5 Å². The molecule has 0 fully saturated rings. The van der Waals surface area contributed by atoms with Crippen LogP contribution >= 0.6 is 0 Å². The van der Waals surface area contributed by atoms with Gasteiger partial charge < -0.3 is 10.1 Å². The van der Waals surface area contributed by atoms with E-state index in [-0.39, 0.29) is 5.75 Å². The molecule has 0 amide bonds. The summed E-state index contributed by atoms with van der Waals surface area (Å²) >= 11 is 0. The summed E-state index contributed by atoms with van der Waals surface area (Å²) in [6.07, 6.45) is 0.611. The monoisotopic (exact) mass is 285 g/mol. The summed E-state index contributed by atoms with van der Waals surface area (Å²) in [7, 11) is -1.53. The maximum absolute atomic E-state index is 12.2. The summed E-state index contributed by atoms with van der Waals surface area (Å²) < 4.78 is 29.4. The van der Waals surface area contributed by atoms with E-state index in [1.807, 2.05) is 26.0 Å². The molecule has 0 spiro atoms. The van der Waals surface area contributed by atoms with Crippen molar-refractivity contribution < 1.29 is 13.2 Å². The fourth-order valence-corrected chi connectivity index (χ4v) is 3.51. The Morgan fingerprint density at radius 3 is 2.63 bits per heavy atom. The molecule has 0 aliphatic carbocycles. The third kappa shape index (κ3) is 5.30. The Kier molecular flexibility index (Phi) is 6.48. The van der Waals surface area contributed by atoms with Crippen molar-refractivity contribution in [3.05, 3.63) is 29.3 Å². The maximum Gasteiger partial charge on any atom is 0.178 e. The van der Waals surface area contributed by atoms with Crippen molar-refractivity contribution >= 4 is 9.84 Å². The van der Waals surface area contributed by atoms with Gasteiger partial charge >= 0.3 is 0 Å². The summed E-state index contributed by atoms with van der Waals surface area (Å²) in [5.41, 5.74) is 1.79. The van der Waals surface area contributed by atoms with Crippen molar-refractivity contribution in [2.75, 3.05) is 32.6 Å². The molecule has 0 bridgehead atoms. The molecular formula is C14H23NO3S. The van der Waals surface area contributed by atoms with E-state index in [2.05, 4.69) is 5.32 Å². The van der Waals surface area contributed by atoms with Gasteiger partial charge in [0.15, 0.2) is 9.84 Å². The minimum absolute atomic E-state index is 0.178. The first-order valence-corrected chi connectivity index (χ1v) is 8.12. The first-order chi connectivity index (χ1) is 8.97. The Bertz CT molecular complexity index is 497. The molecule has 0 aliphatic rings.